The second kappa shape index (κ2) is 8.61. The van der Waals surface area contributed by atoms with Crippen molar-refractivity contribution in [3.05, 3.63) is 48.2 Å². The number of nitrogens with one attached hydrogen (secondary N) is 1. The fourth-order valence-electron chi connectivity index (χ4n) is 2.77. The minimum atomic E-state index is -0.267. The summed E-state index contributed by atoms with van der Waals surface area (Å²) in [6.07, 6.45) is 3.33. The van der Waals surface area contributed by atoms with E-state index in [1.165, 1.54) is 5.56 Å². The van der Waals surface area contributed by atoms with Crippen molar-refractivity contribution in [2.45, 2.75) is 25.6 Å². The van der Waals surface area contributed by atoms with E-state index in [-0.39, 0.29) is 6.10 Å². The smallest absolute Gasteiger partial charge is 0.224 e. The standard InChI is InChI=1S/C18H24N4O2/c23-16-7-4-11-22(13-16)17-8-9-19-18(21-17)20-10-12-24-14-15-5-2-1-3-6-15/h1-3,5-6,8-9,16,23H,4,7,10-14H2,(H,19,20,21). The van der Waals surface area contributed by atoms with Gasteiger partial charge >= 0.3 is 0 Å². The maximum atomic E-state index is 9.79. The fraction of sp³-hybridized carbons (Fsp3) is 0.444. The second-order valence-corrected chi connectivity index (χ2v) is 5.95. The summed E-state index contributed by atoms with van der Waals surface area (Å²) in [4.78, 5) is 10.9. The lowest BCUT2D eigenvalue weighted by Crippen LogP contribution is -2.38. The van der Waals surface area contributed by atoms with Crippen LogP contribution < -0.4 is 10.2 Å². The van der Waals surface area contributed by atoms with Crippen LogP contribution in [-0.4, -0.2) is 47.4 Å². The summed E-state index contributed by atoms with van der Waals surface area (Å²) in [5, 5.41) is 13.0. The molecule has 6 nitrogen and oxygen atoms in total. The first kappa shape index (κ1) is 16.7. The van der Waals surface area contributed by atoms with E-state index in [9.17, 15) is 5.11 Å². The molecule has 2 heterocycles. The molecule has 0 radical (unpaired) electrons. The zero-order valence-electron chi connectivity index (χ0n) is 13.8. The first-order valence-corrected chi connectivity index (χ1v) is 8.43. The van der Waals surface area contributed by atoms with Gasteiger partial charge in [-0.1, -0.05) is 30.3 Å². The highest BCUT2D eigenvalue weighted by Crippen LogP contribution is 2.18. The van der Waals surface area contributed by atoms with Gasteiger partial charge in [0, 0.05) is 25.8 Å². The van der Waals surface area contributed by atoms with Gasteiger partial charge in [0.15, 0.2) is 0 Å². The molecule has 1 aromatic carbocycles. The van der Waals surface area contributed by atoms with Crippen molar-refractivity contribution in [3.8, 4) is 0 Å². The number of hydrogen-bond donors (Lipinski definition) is 2. The fourth-order valence-corrected chi connectivity index (χ4v) is 2.77. The maximum absolute atomic E-state index is 9.79. The summed E-state index contributed by atoms with van der Waals surface area (Å²) < 4.78 is 5.64. The molecule has 128 valence electrons. The van der Waals surface area contributed by atoms with Crippen molar-refractivity contribution < 1.29 is 9.84 Å². The highest BCUT2D eigenvalue weighted by molar-refractivity contribution is 5.43. The van der Waals surface area contributed by atoms with Gasteiger partial charge in [-0.05, 0) is 24.5 Å². The number of anilines is 2. The van der Waals surface area contributed by atoms with E-state index in [4.69, 9.17) is 4.74 Å². The van der Waals surface area contributed by atoms with Crippen molar-refractivity contribution in [2.75, 3.05) is 36.5 Å². The Balaban J connectivity index is 1.43. The molecule has 1 atom stereocenters. The molecule has 1 fully saturated rings. The summed E-state index contributed by atoms with van der Waals surface area (Å²) in [6.45, 7) is 3.41. The average molecular weight is 328 g/mol. The number of aliphatic hydroxyl groups excluding tert-OH is 1. The van der Waals surface area contributed by atoms with Crippen molar-refractivity contribution in [1.82, 2.24) is 9.97 Å². The topological polar surface area (TPSA) is 70.5 Å². The van der Waals surface area contributed by atoms with Crippen LogP contribution in [0, 0.1) is 0 Å². The van der Waals surface area contributed by atoms with Crippen LogP contribution in [0.3, 0.4) is 0 Å². The van der Waals surface area contributed by atoms with E-state index >= 15 is 0 Å². The van der Waals surface area contributed by atoms with Crippen LogP contribution >= 0.6 is 0 Å². The van der Waals surface area contributed by atoms with Crippen molar-refractivity contribution in [3.63, 3.8) is 0 Å². The first-order valence-electron chi connectivity index (χ1n) is 8.43. The van der Waals surface area contributed by atoms with E-state index < -0.39 is 0 Å². The summed E-state index contributed by atoms with van der Waals surface area (Å²) in [5.41, 5.74) is 1.17. The molecule has 0 spiro atoms. The number of ether oxygens (including phenoxy) is 1. The Labute approximate surface area is 142 Å². The Morgan fingerprint density at radius 2 is 2.12 bits per heavy atom. The Hall–Kier alpha value is -2.18. The van der Waals surface area contributed by atoms with Crippen molar-refractivity contribution in [1.29, 1.82) is 0 Å². The van der Waals surface area contributed by atoms with E-state index in [0.29, 0.717) is 32.3 Å². The minimum Gasteiger partial charge on any atom is -0.391 e. The third-order valence-corrected chi connectivity index (χ3v) is 4.00. The van der Waals surface area contributed by atoms with Gasteiger partial charge in [-0.25, -0.2) is 4.98 Å². The van der Waals surface area contributed by atoms with Gasteiger partial charge in [0.1, 0.15) is 5.82 Å². The first-order chi connectivity index (χ1) is 11.8. The SMILES string of the molecule is OC1CCCN(c2ccnc(NCCOCc3ccccc3)n2)C1. The molecule has 1 aromatic heterocycles. The molecule has 0 saturated carbocycles. The number of β-amino-alcohol motifs (C(OH)–C–C–N with tert-alkyl or cyclic N) is 1. The minimum absolute atomic E-state index is 0.267. The lowest BCUT2D eigenvalue weighted by atomic mass is 10.1. The quantitative estimate of drug-likeness (QED) is 0.758. The van der Waals surface area contributed by atoms with Crippen LogP contribution in [0.5, 0.6) is 0 Å². The van der Waals surface area contributed by atoms with Crippen LogP contribution in [-0.2, 0) is 11.3 Å². The summed E-state index contributed by atoms with van der Waals surface area (Å²) in [7, 11) is 0. The van der Waals surface area contributed by atoms with Crippen molar-refractivity contribution in [2.24, 2.45) is 0 Å². The molecule has 2 aromatic rings. The largest absolute Gasteiger partial charge is 0.391 e. The second-order valence-electron chi connectivity index (χ2n) is 5.95. The van der Waals surface area contributed by atoms with Gasteiger partial charge in [-0.15, -0.1) is 0 Å². The van der Waals surface area contributed by atoms with Crippen LogP contribution in [0.4, 0.5) is 11.8 Å². The molecular formula is C18H24N4O2. The molecule has 0 bridgehead atoms. The molecule has 1 unspecified atom stereocenters. The molecule has 1 aliphatic heterocycles. The van der Waals surface area contributed by atoms with Gasteiger partial charge in [-0.3, -0.25) is 0 Å². The molecule has 0 amide bonds. The highest BCUT2D eigenvalue weighted by atomic mass is 16.5. The molecule has 24 heavy (non-hydrogen) atoms. The predicted molar refractivity (Wildman–Crippen MR) is 94.1 cm³/mol. The van der Waals surface area contributed by atoms with Gasteiger partial charge in [0.25, 0.3) is 0 Å². The number of aromatic nitrogens is 2. The van der Waals surface area contributed by atoms with Gasteiger partial charge in [-0.2, -0.15) is 4.98 Å². The zero-order valence-corrected chi connectivity index (χ0v) is 13.8. The molecule has 0 aliphatic carbocycles. The van der Waals surface area contributed by atoms with E-state index in [1.54, 1.807) is 6.20 Å². The Kier molecular flexibility index (Phi) is 5.98. The predicted octanol–water partition coefficient (Wildman–Crippen LogP) is 2.07. The third-order valence-electron chi connectivity index (χ3n) is 4.00. The van der Waals surface area contributed by atoms with E-state index in [1.807, 2.05) is 36.4 Å². The maximum Gasteiger partial charge on any atom is 0.224 e. The molecule has 3 rings (SSSR count). The van der Waals surface area contributed by atoms with Gasteiger partial charge < -0.3 is 20.1 Å². The monoisotopic (exact) mass is 328 g/mol. The van der Waals surface area contributed by atoms with E-state index in [2.05, 4.69) is 20.2 Å². The summed E-state index contributed by atoms with van der Waals surface area (Å²) in [5.74, 6) is 1.45. The number of benzene rings is 1. The average Bonchev–Trinajstić information content (AvgIpc) is 2.63. The van der Waals surface area contributed by atoms with Crippen molar-refractivity contribution >= 4 is 11.8 Å². The number of piperidine rings is 1. The molecule has 1 saturated heterocycles. The molecular weight excluding hydrogens is 304 g/mol. The Morgan fingerprint density at radius 3 is 2.96 bits per heavy atom. The van der Waals surface area contributed by atoms with Crippen LogP contribution in [0.15, 0.2) is 42.6 Å². The van der Waals surface area contributed by atoms with Crippen LogP contribution in [0.25, 0.3) is 0 Å². The lowest BCUT2D eigenvalue weighted by Gasteiger charge is -2.31. The molecule has 2 N–H and O–H groups in total. The number of rotatable bonds is 7. The normalized spacial score (nSPS) is 17.7. The number of nitrogens with zero attached hydrogens (tertiary/aromatic N) is 3. The number of aliphatic hydroxyl groups is 1. The summed E-state index contributed by atoms with van der Waals surface area (Å²) in [6, 6.07) is 12.0. The molecule has 1 aliphatic rings. The number of hydrogen-bond acceptors (Lipinski definition) is 6. The van der Waals surface area contributed by atoms with E-state index in [0.717, 1.165) is 25.2 Å². The lowest BCUT2D eigenvalue weighted by molar-refractivity contribution is 0.130. The zero-order chi connectivity index (χ0) is 16.6. The third kappa shape index (κ3) is 4.91. The van der Waals surface area contributed by atoms with Crippen LogP contribution in [0.1, 0.15) is 18.4 Å². The Bertz CT molecular complexity index is 623. The molecule has 6 heteroatoms. The van der Waals surface area contributed by atoms with Gasteiger partial charge in [0.05, 0.1) is 19.3 Å². The Morgan fingerprint density at radius 1 is 1.25 bits per heavy atom. The summed E-state index contributed by atoms with van der Waals surface area (Å²) >= 11 is 0. The van der Waals surface area contributed by atoms with Crippen LogP contribution in [0.2, 0.25) is 0 Å². The highest BCUT2D eigenvalue weighted by Gasteiger charge is 2.19. The van der Waals surface area contributed by atoms with Gasteiger partial charge in [0.2, 0.25) is 5.95 Å².